The summed E-state index contributed by atoms with van der Waals surface area (Å²) in [7, 11) is -0.800. The summed E-state index contributed by atoms with van der Waals surface area (Å²) >= 11 is 3.27. The smallest absolute Gasteiger partial charge is 0.244 e. The minimum absolute atomic E-state index is 0.0203. The van der Waals surface area contributed by atoms with Gasteiger partial charge in [-0.25, -0.2) is 13.1 Å². The van der Waals surface area contributed by atoms with Gasteiger partial charge in [-0.05, 0) is 22.0 Å². The lowest BCUT2D eigenvalue weighted by Crippen LogP contribution is -2.24. The van der Waals surface area contributed by atoms with Gasteiger partial charge in [-0.3, -0.25) is 0 Å². The minimum atomic E-state index is -3.66. The molecule has 0 fully saturated rings. The van der Waals surface area contributed by atoms with Crippen molar-refractivity contribution in [1.29, 1.82) is 0 Å². The monoisotopic (exact) mass is 335 g/mol. The predicted octanol–water partition coefficient (Wildman–Crippen LogP) is 1.93. The first-order valence-electron chi connectivity index (χ1n) is 4.98. The fraction of sp³-hybridized carbons (Fsp3) is 0.273. The van der Waals surface area contributed by atoms with Crippen molar-refractivity contribution < 1.29 is 17.9 Å². The van der Waals surface area contributed by atoms with Crippen LogP contribution in [0.3, 0.4) is 0 Å². The molecule has 0 radical (unpaired) electrons. The van der Waals surface area contributed by atoms with E-state index >= 15 is 0 Å². The Morgan fingerprint density at radius 3 is 2.44 bits per heavy atom. The Morgan fingerprint density at radius 1 is 1.33 bits per heavy atom. The summed E-state index contributed by atoms with van der Waals surface area (Å²) in [4.78, 5) is 0.0203. The summed E-state index contributed by atoms with van der Waals surface area (Å²) < 4.78 is 37.2. The second-order valence-electron chi connectivity index (χ2n) is 3.28. The summed E-state index contributed by atoms with van der Waals surface area (Å²) in [5.74, 6) is 0.647. The molecule has 0 saturated heterocycles. The van der Waals surface area contributed by atoms with Crippen LogP contribution in [0.5, 0.6) is 11.5 Å². The Kier molecular flexibility index (Phi) is 5.18. The van der Waals surface area contributed by atoms with Crippen molar-refractivity contribution in [3.8, 4) is 11.5 Å². The summed E-state index contributed by atoms with van der Waals surface area (Å²) in [5, 5.41) is 0. The van der Waals surface area contributed by atoms with Crippen LogP contribution in [0.15, 0.2) is 34.2 Å². The van der Waals surface area contributed by atoms with E-state index in [0.29, 0.717) is 10.2 Å². The zero-order valence-electron chi connectivity index (χ0n) is 10.1. The van der Waals surface area contributed by atoms with Crippen LogP contribution < -0.4 is 14.2 Å². The molecule has 0 unspecified atom stereocenters. The molecule has 0 bridgehead atoms. The Morgan fingerprint density at radius 2 is 1.94 bits per heavy atom. The van der Waals surface area contributed by atoms with E-state index < -0.39 is 10.0 Å². The highest BCUT2D eigenvalue weighted by molar-refractivity contribution is 9.10. The van der Waals surface area contributed by atoms with Crippen LogP contribution in [0.1, 0.15) is 0 Å². The Bertz CT molecular complexity index is 542. The SMILES string of the molecule is C=CCNS(=O)(=O)c1cc(OC)c(Br)cc1OC. The van der Waals surface area contributed by atoms with E-state index in [9.17, 15) is 8.42 Å². The molecule has 0 aliphatic rings. The molecule has 0 aliphatic heterocycles. The number of methoxy groups -OCH3 is 2. The largest absolute Gasteiger partial charge is 0.496 e. The molecule has 0 heterocycles. The van der Waals surface area contributed by atoms with Gasteiger partial charge in [0.2, 0.25) is 10.0 Å². The number of halogens is 1. The maximum absolute atomic E-state index is 12.0. The van der Waals surface area contributed by atoms with E-state index in [-0.39, 0.29) is 17.2 Å². The van der Waals surface area contributed by atoms with Crippen molar-refractivity contribution in [1.82, 2.24) is 4.72 Å². The van der Waals surface area contributed by atoms with E-state index in [1.807, 2.05) is 0 Å². The standard InChI is InChI=1S/C11H14BrNO4S/c1-4-5-13-18(14,15)11-7-9(16-2)8(12)6-10(11)17-3/h4,6-7,13H,1,5H2,2-3H3. The maximum Gasteiger partial charge on any atom is 0.244 e. The number of nitrogens with one attached hydrogen (secondary N) is 1. The zero-order valence-corrected chi connectivity index (χ0v) is 12.5. The highest BCUT2D eigenvalue weighted by Gasteiger charge is 2.21. The molecule has 0 saturated carbocycles. The average molecular weight is 336 g/mol. The van der Waals surface area contributed by atoms with Gasteiger partial charge in [-0.15, -0.1) is 6.58 Å². The maximum atomic E-state index is 12.0. The van der Waals surface area contributed by atoms with Crippen molar-refractivity contribution >= 4 is 26.0 Å². The van der Waals surface area contributed by atoms with Gasteiger partial charge in [0.1, 0.15) is 16.4 Å². The van der Waals surface area contributed by atoms with Gasteiger partial charge in [0.25, 0.3) is 0 Å². The lowest BCUT2D eigenvalue weighted by atomic mass is 10.3. The van der Waals surface area contributed by atoms with Gasteiger partial charge < -0.3 is 9.47 Å². The number of benzene rings is 1. The van der Waals surface area contributed by atoms with Crippen LogP contribution in [-0.4, -0.2) is 29.2 Å². The number of ether oxygens (including phenoxy) is 2. The molecule has 1 N–H and O–H groups in total. The molecular formula is C11H14BrNO4S. The van der Waals surface area contributed by atoms with Gasteiger partial charge in [0.15, 0.2) is 0 Å². The molecule has 100 valence electrons. The Hall–Kier alpha value is -1.05. The number of rotatable bonds is 6. The summed E-state index contributed by atoms with van der Waals surface area (Å²) in [6.07, 6.45) is 1.46. The van der Waals surface area contributed by atoms with Crippen LogP contribution in [-0.2, 0) is 10.0 Å². The van der Waals surface area contributed by atoms with Crippen molar-refractivity contribution in [2.75, 3.05) is 20.8 Å². The normalized spacial score (nSPS) is 11.1. The lowest BCUT2D eigenvalue weighted by Gasteiger charge is -2.12. The molecule has 7 heteroatoms. The number of hydrogen-bond donors (Lipinski definition) is 1. The second-order valence-corrected chi connectivity index (χ2v) is 5.87. The first-order valence-corrected chi connectivity index (χ1v) is 7.26. The van der Waals surface area contributed by atoms with Crippen LogP contribution >= 0.6 is 15.9 Å². The topological polar surface area (TPSA) is 64.6 Å². The Balaban J connectivity index is 3.33. The van der Waals surface area contributed by atoms with Crippen LogP contribution in [0.25, 0.3) is 0 Å². The first-order chi connectivity index (χ1) is 8.46. The van der Waals surface area contributed by atoms with Gasteiger partial charge in [0.05, 0.1) is 18.7 Å². The second kappa shape index (κ2) is 6.21. The lowest BCUT2D eigenvalue weighted by molar-refractivity contribution is 0.390. The van der Waals surface area contributed by atoms with Crippen molar-refractivity contribution in [3.63, 3.8) is 0 Å². The van der Waals surface area contributed by atoms with Crippen molar-refractivity contribution in [3.05, 3.63) is 29.3 Å². The first kappa shape index (κ1) is 15.0. The average Bonchev–Trinajstić information content (AvgIpc) is 2.35. The molecule has 5 nitrogen and oxygen atoms in total. The molecule has 0 spiro atoms. The van der Waals surface area contributed by atoms with Crippen molar-refractivity contribution in [2.24, 2.45) is 0 Å². The van der Waals surface area contributed by atoms with Gasteiger partial charge in [-0.2, -0.15) is 0 Å². The summed E-state index contributed by atoms with van der Waals surface area (Å²) in [5.41, 5.74) is 0. The van der Waals surface area contributed by atoms with Gasteiger partial charge in [-0.1, -0.05) is 6.08 Å². The quantitative estimate of drug-likeness (QED) is 0.807. The Labute approximate surface area is 115 Å². The third-order valence-electron chi connectivity index (χ3n) is 2.15. The molecule has 0 aliphatic carbocycles. The fourth-order valence-corrected chi connectivity index (χ4v) is 2.94. The third-order valence-corrected chi connectivity index (χ3v) is 4.21. The molecule has 18 heavy (non-hydrogen) atoms. The van der Waals surface area contributed by atoms with Crippen LogP contribution in [0.4, 0.5) is 0 Å². The predicted molar refractivity (Wildman–Crippen MR) is 72.6 cm³/mol. The van der Waals surface area contributed by atoms with E-state index in [4.69, 9.17) is 9.47 Å². The highest BCUT2D eigenvalue weighted by atomic mass is 79.9. The van der Waals surface area contributed by atoms with Crippen LogP contribution in [0, 0.1) is 0 Å². The van der Waals surface area contributed by atoms with Gasteiger partial charge >= 0.3 is 0 Å². The van der Waals surface area contributed by atoms with E-state index in [1.54, 1.807) is 6.07 Å². The molecule has 1 rings (SSSR count). The summed E-state index contributed by atoms with van der Waals surface area (Å²) in [6.45, 7) is 3.60. The number of hydrogen-bond acceptors (Lipinski definition) is 4. The molecule has 0 atom stereocenters. The number of sulfonamides is 1. The molecule has 1 aromatic rings. The van der Waals surface area contributed by atoms with E-state index in [1.165, 1.54) is 26.4 Å². The van der Waals surface area contributed by atoms with Crippen LogP contribution in [0.2, 0.25) is 0 Å². The molecular weight excluding hydrogens is 322 g/mol. The minimum Gasteiger partial charge on any atom is -0.496 e. The third kappa shape index (κ3) is 3.24. The fourth-order valence-electron chi connectivity index (χ4n) is 1.29. The van der Waals surface area contributed by atoms with Gasteiger partial charge in [0, 0.05) is 12.6 Å². The van der Waals surface area contributed by atoms with E-state index in [2.05, 4.69) is 27.2 Å². The highest BCUT2D eigenvalue weighted by Crippen LogP contribution is 2.35. The summed E-state index contributed by atoms with van der Waals surface area (Å²) in [6, 6.07) is 2.94. The molecule has 1 aromatic carbocycles. The molecule has 0 amide bonds. The van der Waals surface area contributed by atoms with Crippen molar-refractivity contribution in [2.45, 2.75) is 4.90 Å². The molecule has 0 aromatic heterocycles. The zero-order chi connectivity index (χ0) is 13.8. The van der Waals surface area contributed by atoms with E-state index in [0.717, 1.165) is 0 Å².